The van der Waals surface area contributed by atoms with E-state index in [1.807, 2.05) is 6.07 Å². The van der Waals surface area contributed by atoms with Gasteiger partial charge in [0.05, 0.1) is 10.4 Å². The van der Waals surface area contributed by atoms with Crippen LogP contribution in [0, 0.1) is 0 Å². The van der Waals surface area contributed by atoms with Gasteiger partial charge in [-0.1, -0.05) is 17.7 Å². The first-order chi connectivity index (χ1) is 5.79. The van der Waals surface area contributed by atoms with Crippen molar-refractivity contribution in [3.63, 3.8) is 0 Å². The lowest BCUT2D eigenvalue weighted by atomic mass is 10.2. The number of halogens is 1. The van der Waals surface area contributed by atoms with E-state index in [4.69, 9.17) is 17.3 Å². The fourth-order valence-corrected chi connectivity index (χ4v) is 1.58. The van der Waals surface area contributed by atoms with Crippen LogP contribution in [0.3, 0.4) is 0 Å². The molecule has 1 aromatic rings. The molecule has 0 saturated carbocycles. The van der Waals surface area contributed by atoms with E-state index < -0.39 is 0 Å². The Hall–Kier alpha value is -1.02. The molecule has 1 heterocycles. The quantitative estimate of drug-likeness (QED) is 0.588. The fraction of sp³-hybridized carbons (Fsp3) is 0.222. The van der Waals surface area contributed by atoms with Gasteiger partial charge < -0.3 is 5.73 Å². The molecule has 0 spiro atoms. The van der Waals surface area contributed by atoms with Crippen LogP contribution >= 0.6 is 11.6 Å². The fourth-order valence-electron chi connectivity index (χ4n) is 1.36. The lowest BCUT2D eigenvalue weighted by Crippen LogP contribution is -2.31. The Morgan fingerprint density at radius 2 is 2.25 bits per heavy atom. The Bertz CT molecular complexity index is 382. The van der Waals surface area contributed by atoms with Gasteiger partial charge in [-0.25, -0.2) is 0 Å². The van der Waals surface area contributed by atoms with E-state index >= 15 is 0 Å². The summed E-state index contributed by atoms with van der Waals surface area (Å²) in [7, 11) is 0. The number of nitrogen functional groups attached to an aromatic ring is 1. The zero-order chi connectivity index (χ0) is 8.55. The van der Waals surface area contributed by atoms with Gasteiger partial charge in [0.25, 0.3) is 0 Å². The molecule has 2 N–H and O–H groups in total. The molecule has 1 aliphatic heterocycles. The summed E-state index contributed by atoms with van der Waals surface area (Å²) in [5.41, 5.74) is 6.52. The van der Waals surface area contributed by atoms with Crippen LogP contribution < -0.4 is 16.3 Å². The summed E-state index contributed by atoms with van der Waals surface area (Å²) in [5.74, 6) is 0. The minimum Gasteiger partial charge on any atom is -0.398 e. The zero-order valence-corrected chi connectivity index (χ0v) is 7.30. The number of anilines is 1. The van der Waals surface area contributed by atoms with Gasteiger partial charge in [-0.3, -0.25) is 4.99 Å². The summed E-state index contributed by atoms with van der Waals surface area (Å²) in [4.78, 5) is 4.31. The average molecular weight is 181 g/mol. The maximum Gasteiger partial charge on any atom is 0.0850 e. The second-order valence-corrected chi connectivity index (χ2v) is 3.18. The van der Waals surface area contributed by atoms with E-state index in [0.717, 1.165) is 29.2 Å². The van der Waals surface area contributed by atoms with Crippen molar-refractivity contribution in [2.75, 3.05) is 12.3 Å². The molecule has 0 unspecified atom stereocenters. The van der Waals surface area contributed by atoms with Crippen LogP contribution in [-0.4, -0.2) is 6.54 Å². The standard InChI is InChI=1S/C9H9ClN2/c10-7-3-4-8(11)6-2-1-5-12-9(6)7/h2-4H,1,5,11H2. The van der Waals surface area contributed by atoms with Gasteiger partial charge in [0, 0.05) is 17.5 Å². The van der Waals surface area contributed by atoms with E-state index in [1.54, 1.807) is 6.07 Å². The molecule has 0 amide bonds. The molecule has 1 aliphatic rings. The van der Waals surface area contributed by atoms with E-state index in [-0.39, 0.29) is 0 Å². The molecule has 0 bridgehead atoms. The smallest absolute Gasteiger partial charge is 0.0850 e. The number of rotatable bonds is 0. The third-order valence-electron chi connectivity index (χ3n) is 1.95. The molecule has 3 heteroatoms. The molecule has 0 radical (unpaired) electrons. The van der Waals surface area contributed by atoms with Crippen molar-refractivity contribution in [1.29, 1.82) is 0 Å². The van der Waals surface area contributed by atoms with Crippen LogP contribution in [0.25, 0.3) is 6.08 Å². The van der Waals surface area contributed by atoms with Gasteiger partial charge in [-0.2, -0.15) is 0 Å². The number of hydrogen-bond donors (Lipinski definition) is 1. The van der Waals surface area contributed by atoms with Crippen molar-refractivity contribution in [2.24, 2.45) is 4.99 Å². The molecule has 0 saturated heterocycles. The molecule has 2 rings (SSSR count). The van der Waals surface area contributed by atoms with Crippen LogP contribution in [-0.2, 0) is 0 Å². The predicted molar refractivity (Wildman–Crippen MR) is 50.6 cm³/mol. The SMILES string of the molecule is Nc1ccc(Cl)c2c1=CCCN=2. The number of fused-ring (bicyclic) bond motifs is 1. The van der Waals surface area contributed by atoms with Crippen LogP contribution in [0.4, 0.5) is 5.69 Å². The Balaban J connectivity index is 2.92. The van der Waals surface area contributed by atoms with Crippen molar-refractivity contribution in [1.82, 2.24) is 0 Å². The molecule has 0 aromatic heterocycles. The van der Waals surface area contributed by atoms with Gasteiger partial charge >= 0.3 is 0 Å². The van der Waals surface area contributed by atoms with E-state index in [0.29, 0.717) is 5.02 Å². The molecule has 0 atom stereocenters. The second-order valence-electron chi connectivity index (χ2n) is 2.77. The highest BCUT2D eigenvalue weighted by Gasteiger charge is 2.01. The van der Waals surface area contributed by atoms with Crippen molar-refractivity contribution >= 4 is 23.4 Å². The highest BCUT2D eigenvalue weighted by molar-refractivity contribution is 6.30. The molecular weight excluding hydrogens is 172 g/mol. The maximum absolute atomic E-state index is 5.94. The first kappa shape index (κ1) is 7.62. The lowest BCUT2D eigenvalue weighted by molar-refractivity contribution is 0.962. The number of hydrogen-bond acceptors (Lipinski definition) is 2. The summed E-state index contributed by atoms with van der Waals surface area (Å²) < 4.78 is 0. The van der Waals surface area contributed by atoms with Gasteiger partial charge in [0.2, 0.25) is 0 Å². The van der Waals surface area contributed by atoms with Gasteiger partial charge in [-0.05, 0) is 18.6 Å². The summed E-state index contributed by atoms with van der Waals surface area (Å²) in [6, 6.07) is 3.61. The zero-order valence-electron chi connectivity index (χ0n) is 6.55. The Morgan fingerprint density at radius 3 is 3.00 bits per heavy atom. The minimum absolute atomic E-state index is 0.690. The van der Waals surface area contributed by atoms with Gasteiger partial charge in [-0.15, -0.1) is 0 Å². The normalized spacial score (nSPS) is 14.4. The number of nitrogens with zero attached hydrogens (tertiary/aromatic N) is 1. The molecule has 12 heavy (non-hydrogen) atoms. The van der Waals surface area contributed by atoms with Crippen LogP contribution in [0.2, 0.25) is 5.02 Å². The first-order valence-electron chi connectivity index (χ1n) is 3.88. The molecule has 1 aromatic carbocycles. The minimum atomic E-state index is 0.690. The Morgan fingerprint density at radius 1 is 1.42 bits per heavy atom. The molecule has 2 nitrogen and oxygen atoms in total. The van der Waals surface area contributed by atoms with Gasteiger partial charge in [0.1, 0.15) is 0 Å². The second kappa shape index (κ2) is 2.79. The van der Waals surface area contributed by atoms with Crippen molar-refractivity contribution in [2.45, 2.75) is 6.42 Å². The highest BCUT2D eigenvalue weighted by atomic mass is 35.5. The lowest BCUT2D eigenvalue weighted by Gasteiger charge is -2.03. The first-order valence-corrected chi connectivity index (χ1v) is 4.25. The number of nitrogens with two attached hydrogens (primary N) is 1. The van der Waals surface area contributed by atoms with E-state index in [1.165, 1.54) is 0 Å². The summed E-state index contributed by atoms with van der Waals surface area (Å²) in [6.07, 6.45) is 3.04. The Kier molecular flexibility index (Phi) is 1.77. The topological polar surface area (TPSA) is 38.4 Å². The van der Waals surface area contributed by atoms with Crippen LogP contribution in [0.15, 0.2) is 17.1 Å². The van der Waals surface area contributed by atoms with Crippen molar-refractivity contribution < 1.29 is 0 Å². The van der Waals surface area contributed by atoms with Crippen molar-refractivity contribution in [3.05, 3.63) is 27.7 Å². The molecular formula is C9H9ClN2. The molecule has 62 valence electrons. The third-order valence-corrected chi connectivity index (χ3v) is 2.25. The summed E-state index contributed by atoms with van der Waals surface area (Å²) in [6.45, 7) is 0.816. The molecule has 0 fully saturated rings. The molecule has 0 aliphatic carbocycles. The average Bonchev–Trinajstić information content (AvgIpc) is 2.12. The van der Waals surface area contributed by atoms with Crippen LogP contribution in [0.1, 0.15) is 6.42 Å². The summed E-state index contributed by atoms with van der Waals surface area (Å²) >= 11 is 5.94. The van der Waals surface area contributed by atoms with E-state index in [9.17, 15) is 0 Å². The largest absolute Gasteiger partial charge is 0.398 e. The van der Waals surface area contributed by atoms with Gasteiger partial charge in [0.15, 0.2) is 0 Å². The Labute approximate surface area is 75.4 Å². The van der Waals surface area contributed by atoms with Crippen molar-refractivity contribution in [3.8, 4) is 0 Å². The third kappa shape index (κ3) is 1.08. The maximum atomic E-state index is 5.94. The monoisotopic (exact) mass is 180 g/mol. The predicted octanol–water partition coefficient (Wildman–Crippen LogP) is 0.726. The number of benzene rings is 1. The van der Waals surface area contributed by atoms with E-state index in [2.05, 4.69) is 11.1 Å². The highest BCUT2D eigenvalue weighted by Crippen LogP contribution is 2.03. The van der Waals surface area contributed by atoms with Crippen LogP contribution in [0.5, 0.6) is 0 Å². The summed E-state index contributed by atoms with van der Waals surface area (Å²) in [5, 5.41) is 2.53.